The molecule has 0 saturated heterocycles. The van der Waals surface area contributed by atoms with Gasteiger partial charge in [0.2, 0.25) is 0 Å². The monoisotopic (exact) mass is 195 g/mol. The van der Waals surface area contributed by atoms with Gasteiger partial charge in [-0.3, -0.25) is 4.98 Å². The molecular weight excluding hydrogens is 181 g/mol. The molecule has 0 bridgehead atoms. The van der Waals surface area contributed by atoms with Gasteiger partial charge in [0.15, 0.2) is 0 Å². The summed E-state index contributed by atoms with van der Waals surface area (Å²) < 4.78 is 13.4. The first-order valence-electron chi connectivity index (χ1n) is 4.92. The molecule has 76 valence electrons. The molecule has 3 nitrogen and oxygen atoms in total. The van der Waals surface area contributed by atoms with Gasteiger partial charge < -0.3 is 4.90 Å². The van der Waals surface area contributed by atoms with Crippen molar-refractivity contribution in [1.29, 1.82) is 0 Å². The molecule has 1 heterocycles. The molecule has 1 aromatic rings. The van der Waals surface area contributed by atoms with Crippen molar-refractivity contribution in [2.45, 2.75) is 31.5 Å². The Morgan fingerprint density at radius 1 is 1.43 bits per heavy atom. The third-order valence-corrected chi connectivity index (χ3v) is 2.81. The highest BCUT2D eigenvalue weighted by Crippen LogP contribution is 2.27. The first-order valence-corrected chi connectivity index (χ1v) is 4.92. The molecule has 0 unspecified atom stereocenters. The van der Waals surface area contributed by atoms with Gasteiger partial charge in [0, 0.05) is 19.4 Å². The maximum atomic E-state index is 13.4. The van der Waals surface area contributed by atoms with Crippen LogP contribution < -0.4 is 4.90 Å². The standard InChI is InChI=1S/C10H14FN3/c1-14(9-4-2-3-8(9)11)10-7-12-5-6-13-10/h5-9H,2-4H2,1H3/t8-,9-/m1/s1. The van der Waals surface area contributed by atoms with Crippen molar-refractivity contribution in [3.05, 3.63) is 18.6 Å². The number of hydrogen-bond acceptors (Lipinski definition) is 3. The van der Waals surface area contributed by atoms with Crippen LogP contribution in [0.25, 0.3) is 0 Å². The van der Waals surface area contributed by atoms with Gasteiger partial charge in [0.25, 0.3) is 0 Å². The van der Waals surface area contributed by atoms with Crippen molar-refractivity contribution in [3.63, 3.8) is 0 Å². The number of aromatic nitrogens is 2. The normalized spacial score (nSPS) is 26.4. The van der Waals surface area contributed by atoms with Crippen LogP contribution in [0.3, 0.4) is 0 Å². The summed E-state index contributed by atoms with van der Waals surface area (Å²) in [5, 5.41) is 0. The van der Waals surface area contributed by atoms with Gasteiger partial charge in [-0.2, -0.15) is 0 Å². The van der Waals surface area contributed by atoms with Gasteiger partial charge in [0.1, 0.15) is 12.0 Å². The predicted octanol–water partition coefficient (Wildman–Crippen LogP) is 1.80. The van der Waals surface area contributed by atoms with Gasteiger partial charge in [-0.25, -0.2) is 9.37 Å². The van der Waals surface area contributed by atoms with Gasteiger partial charge >= 0.3 is 0 Å². The van der Waals surface area contributed by atoms with Crippen LogP contribution in [0.5, 0.6) is 0 Å². The Hall–Kier alpha value is -1.19. The summed E-state index contributed by atoms with van der Waals surface area (Å²) in [5.74, 6) is 0.752. The Balaban J connectivity index is 2.12. The number of halogens is 1. The summed E-state index contributed by atoms with van der Waals surface area (Å²) in [6.07, 6.45) is 6.76. The number of hydrogen-bond donors (Lipinski definition) is 0. The highest BCUT2D eigenvalue weighted by molar-refractivity contribution is 5.36. The largest absolute Gasteiger partial charge is 0.352 e. The minimum atomic E-state index is -0.720. The number of anilines is 1. The van der Waals surface area contributed by atoms with Crippen LogP contribution in [0.2, 0.25) is 0 Å². The van der Waals surface area contributed by atoms with Crippen molar-refractivity contribution in [2.75, 3.05) is 11.9 Å². The molecule has 14 heavy (non-hydrogen) atoms. The van der Waals surface area contributed by atoms with Crippen LogP contribution in [0, 0.1) is 0 Å². The molecule has 0 radical (unpaired) electrons. The zero-order chi connectivity index (χ0) is 9.97. The lowest BCUT2D eigenvalue weighted by atomic mass is 10.2. The van der Waals surface area contributed by atoms with Crippen molar-refractivity contribution >= 4 is 5.82 Å². The third-order valence-electron chi connectivity index (χ3n) is 2.81. The first kappa shape index (κ1) is 9.37. The van der Waals surface area contributed by atoms with Gasteiger partial charge in [-0.1, -0.05) is 0 Å². The zero-order valence-electron chi connectivity index (χ0n) is 8.23. The Labute approximate surface area is 83.0 Å². The SMILES string of the molecule is CN(c1cnccn1)[C@@H]1CCC[C@H]1F. The summed E-state index contributed by atoms with van der Waals surface area (Å²) in [4.78, 5) is 10.0. The smallest absolute Gasteiger partial charge is 0.147 e. The summed E-state index contributed by atoms with van der Waals surface area (Å²) in [7, 11) is 1.88. The summed E-state index contributed by atoms with van der Waals surface area (Å²) in [6, 6.07) is -0.0216. The van der Waals surface area contributed by atoms with Gasteiger partial charge in [-0.05, 0) is 19.3 Å². The van der Waals surface area contributed by atoms with E-state index in [1.807, 2.05) is 11.9 Å². The third kappa shape index (κ3) is 1.69. The van der Waals surface area contributed by atoms with E-state index in [-0.39, 0.29) is 6.04 Å². The molecule has 1 fully saturated rings. The summed E-state index contributed by atoms with van der Waals surface area (Å²) in [6.45, 7) is 0. The van der Waals surface area contributed by atoms with Crippen LogP contribution in [-0.2, 0) is 0 Å². The maximum absolute atomic E-state index is 13.4. The van der Waals surface area contributed by atoms with E-state index in [2.05, 4.69) is 9.97 Å². The summed E-state index contributed by atoms with van der Waals surface area (Å²) >= 11 is 0. The lowest BCUT2D eigenvalue weighted by Gasteiger charge is -2.26. The fourth-order valence-corrected chi connectivity index (χ4v) is 1.97. The number of nitrogens with zero attached hydrogens (tertiary/aromatic N) is 3. The Bertz CT molecular complexity index is 291. The van der Waals surface area contributed by atoms with Gasteiger partial charge in [0.05, 0.1) is 12.2 Å². The second-order valence-electron chi connectivity index (χ2n) is 3.69. The molecule has 2 atom stereocenters. The molecule has 0 N–H and O–H groups in total. The quantitative estimate of drug-likeness (QED) is 0.720. The van der Waals surface area contributed by atoms with E-state index < -0.39 is 6.17 Å². The predicted molar refractivity (Wildman–Crippen MR) is 53.0 cm³/mol. The lowest BCUT2D eigenvalue weighted by Crippen LogP contribution is -2.36. The van der Waals surface area contributed by atoms with Crippen molar-refractivity contribution in [3.8, 4) is 0 Å². The van der Waals surface area contributed by atoms with Crippen LogP contribution >= 0.6 is 0 Å². The molecule has 0 amide bonds. The highest BCUT2D eigenvalue weighted by atomic mass is 19.1. The number of alkyl halides is 1. The molecule has 0 spiro atoms. The van der Waals surface area contributed by atoms with Crippen molar-refractivity contribution in [1.82, 2.24) is 9.97 Å². The fourth-order valence-electron chi connectivity index (χ4n) is 1.97. The van der Waals surface area contributed by atoms with E-state index in [4.69, 9.17) is 0 Å². The second kappa shape index (κ2) is 3.90. The second-order valence-corrected chi connectivity index (χ2v) is 3.69. The molecule has 1 aliphatic rings. The lowest BCUT2D eigenvalue weighted by molar-refractivity contribution is 0.306. The molecule has 1 aromatic heterocycles. The minimum Gasteiger partial charge on any atom is -0.352 e. The molecule has 2 rings (SSSR count). The Morgan fingerprint density at radius 3 is 2.86 bits per heavy atom. The van der Waals surface area contributed by atoms with E-state index in [9.17, 15) is 4.39 Å². The molecule has 0 aromatic carbocycles. The van der Waals surface area contributed by atoms with E-state index >= 15 is 0 Å². The summed E-state index contributed by atoms with van der Waals surface area (Å²) in [5.41, 5.74) is 0. The molecule has 4 heteroatoms. The van der Waals surface area contributed by atoms with Gasteiger partial charge in [-0.15, -0.1) is 0 Å². The van der Waals surface area contributed by atoms with E-state index in [1.54, 1.807) is 18.6 Å². The van der Waals surface area contributed by atoms with Crippen molar-refractivity contribution in [2.24, 2.45) is 0 Å². The average molecular weight is 195 g/mol. The zero-order valence-corrected chi connectivity index (χ0v) is 8.23. The van der Waals surface area contributed by atoms with E-state index in [1.165, 1.54) is 0 Å². The molecule has 1 saturated carbocycles. The highest BCUT2D eigenvalue weighted by Gasteiger charge is 2.30. The molecule has 1 aliphatic carbocycles. The molecule has 0 aliphatic heterocycles. The van der Waals surface area contributed by atoms with Crippen LogP contribution in [-0.4, -0.2) is 29.2 Å². The maximum Gasteiger partial charge on any atom is 0.147 e. The van der Waals surface area contributed by atoms with Crippen LogP contribution in [0.1, 0.15) is 19.3 Å². The van der Waals surface area contributed by atoms with E-state index in [0.29, 0.717) is 6.42 Å². The Morgan fingerprint density at radius 2 is 2.29 bits per heavy atom. The topological polar surface area (TPSA) is 29.0 Å². The molecular formula is C10H14FN3. The average Bonchev–Trinajstić information content (AvgIpc) is 2.65. The Kier molecular flexibility index (Phi) is 2.61. The minimum absolute atomic E-state index is 0.0216. The van der Waals surface area contributed by atoms with Crippen LogP contribution in [0.4, 0.5) is 10.2 Å². The van der Waals surface area contributed by atoms with Crippen LogP contribution in [0.15, 0.2) is 18.6 Å². The number of rotatable bonds is 2. The van der Waals surface area contributed by atoms with E-state index in [0.717, 1.165) is 18.7 Å². The van der Waals surface area contributed by atoms with Crippen molar-refractivity contribution < 1.29 is 4.39 Å². The first-order chi connectivity index (χ1) is 6.79. The fraction of sp³-hybridized carbons (Fsp3) is 0.600.